The molecular weight excluding hydrogens is 264 g/mol. The first-order chi connectivity index (χ1) is 10.2. The molecule has 0 aliphatic carbocycles. The van der Waals surface area contributed by atoms with Crippen molar-refractivity contribution in [1.82, 2.24) is 24.3 Å². The van der Waals surface area contributed by atoms with Gasteiger partial charge in [-0.3, -0.25) is 0 Å². The molecule has 3 aromatic heterocycles. The minimum Gasteiger partial charge on any atom is -0.377 e. The van der Waals surface area contributed by atoms with Crippen LogP contribution in [0, 0.1) is 0 Å². The average Bonchev–Trinajstić information content (AvgIpc) is 3.10. The molecule has 0 saturated carbocycles. The number of aryl methyl sites for hydroxylation is 1. The first-order valence-corrected chi connectivity index (χ1v) is 7.26. The summed E-state index contributed by atoms with van der Waals surface area (Å²) in [5.74, 6) is 1.02. The molecular formula is C15H20N6. The number of imidazole rings is 1. The first-order valence-electron chi connectivity index (χ1n) is 7.26. The molecule has 0 amide bonds. The molecule has 6 heteroatoms. The van der Waals surface area contributed by atoms with E-state index in [0.29, 0.717) is 12.6 Å². The summed E-state index contributed by atoms with van der Waals surface area (Å²) in [6.45, 7) is 7.93. The number of pyridine rings is 1. The van der Waals surface area contributed by atoms with E-state index in [1.165, 1.54) is 0 Å². The highest BCUT2D eigenvalue weighted by Gasteiger charge is 2.08. The van der Waals surface area contributed by atoms with E-state index in [2.05, 4.69) is 51.8 Å². The van der Waals surface area contributed by atoms with E-state index in [1.54, 1.807) is 0 Å². The van der Waals surface area contributed by atoms with Gasteiger partial charge in [0, 0.05) is 30.4 Å². The fourth-order valence-corrected chi connectivity index (χ4v) is 2.39. The Kier molecular flexibility index (Phi) is 3.60. The molecule has 3 heterocycles. The molecule has 0 aliphatic rings. The third-order valence-corrected chi connectivity index (χ3v) is 3.52. The maximum Gasteiger partial charge on any atom is 0.158 e. The maximum atomic E-state index is 4.52. The number of fused-ring (bicyclic) bond motifs is 1. The monoisotopic (exact) mass is 284 g/mol. The molecule has 0 bridgehead atoms. The molecule has 110 valence electrons. The lowest BCUT2D eigenvalue weighted by Crippen LogP contribution is -2.08. The quantitative estimate of drug-likeness (QED) is 0.782. The fourth-order valence-electron chi connectivity index (χ4n) is 2.39. The number of nitrogens with one attached hydrogen (secondary N) is 1. The van der Waals surface area contributed by atoms with E-state index >= 15 is 0 Å². The van der Waals surface area contributed by atoms with Crippen molar-refractivity contribution in [2.45, 2.75) is 39.9 Å². The van der Waals surface area contributed by atoms with Gasteiger partial charge in [-0.2, -0.15) is 5.10 Å². The molecule has 6 nitrogen and oxygen atoms in total. The molecule has 1 N–H and O–H groups in total. The Bertz CT molecular complexity index is 740. The Morgan fingerprint density at radius 3 is 2.86 bits per heavy atom. The zero-order valence-electron chi connectivity index (χ0n) is 12.6. The lowest BCUT2D eigenvalue weighted by atomic mass is 10.3. The van der Waals surface area contributed by atoms with Crippen molar-refractivity contribution in [3.05, 3.63) is 36.7 Å². The second-order valence-electron chi connectivity index (χ2n) is 5.30. The van der Waals surface area contributed by atoms with Gasteiger partial charge in [0.1, 0.15) is 5.82 Å². The minimum atomic E-state index is 0.311. The molecule has 0 atom stereocenters. The van der Waals surface area contributed by atoms with Crippen LogP contribution in [-0.2, 0) is 13.1 Å². The summed E-state index contributed by atoms with van der Waals surface area (Å²) in [7, 11) is 0. The van der Waals surface area contributed by atoms with Crippen LogP contribution in [0.25, 0.3) is 11.0 Å². The van der Waals surface area contributed by atoms with Crippen molar-refractivity contribution in [2.75, 3.05) is 5.32 Å². The molecule has 0 unspecified atom stereocenters. The first kappa shape index (κ1) is 13.6. The second-order valence-corrected chi connectivity index (χ2v) is 5.30. The smallest absolute Gasteiger partial charge is 0.158 e. The Hall–Kier alpha value is -2.37. The minimum absolute atomic E-state index is 0.311. The highest BCUT2D eigenvalue weighted by Crippen LogP contribution is 2.19. The van der Waals surface area contributed by atoms with Gasteiger partial charge in [-0.15, -0.1) is 0 Å². The number of hydrogen-bond acceptors (Lipinski definition) is 4. The van der Waals surface area contributed by atoms with Crippen molar-refractivity contribution in [1.29, 1.82) is 0 Å². The van der Waals surface area contributed by atoms with Crippen LogP contribution in [0.1, 0.15) is 32.6 Å². The van der Waals surface area contributed by atoms with E-state index in [0.717, 1.165) is 29.1 Å². The number of hydrogen-bond donors (Lipinski definition) is 1. The van der Waals surface area contributed by atoms with Gasteiger partial charge in [0.05, 0.1) is 24.6 Å². The predicted octanol–water partition coefficient (Wildman–Crippen LogP) is 2.84. The molecule has 0 spiro atoms. The Morgan fingerprint density at radius 1 is 1.24 bits per heavy atom. The summed E-state index contributed by atoms with van der Waals surface area (Å²) < 4.78 is 4.05. The van der Waals surface area contributed by atoms with Crippen molar-refractivity contribution in [2.24, 2.45) is 0 Å². The molecule has 0 radical (unpaired) electrons. The van der Waals surface area contributed by atoms with Gasteiger partial charge in [0.2, 0.25) is 0 Å². The Morgan fingerprint density at radius 2 is 2.10 bits per heavy atom. The third kappa shape index (κ3) is 2.61. The number of nitrogens with zero attached hydrogens (tertiary/aromatic N) is 5. The third-order valence-electron chi connectivity index (χ3n) is 3.52. The lowest BCUT2D eigenvalue weighted by Gasteiger charge is -2.09. The number of rotatable bonds is 5. The van der Waals surface area contributed by atoms with E-state index in [4.69, 9.17) is 0 Å². The van der Waals surface area contributed by atoms with E-state index < -0.39 is 0 Å². The SMILES string of the molecule is CCn1ccnc1CNc1cnc2c(cnn2C(C)C)c1. The molecule has 3 aromatic rings. The standard InChI is InChI=1S/C15H20N6/c1-4-20-6-5-16-14(20)10-17-13-7-12-8-19-21(11(2)3)15(12)18-9-13/h5-9,11,17H,4,10H2,1-3H3. The van der Waals surface area contributed by atoms with Gasteiger partial charge in [0.15, 0.2) is 5.65 Å². The number of aromatic nitrogens is 5. The summed E-state index contributed by atoms with van der Waals surface area (Å²) in [6, 6.07) is 2.39. The van der Waals surface area contributed by atoms with Crippen LogP contribution in [0.4, 0.5) is 5.69 Å². The number of anilines is 1. The summed E-state index contributed by atoms with van der Waals surface area (Å²) in [5, 5.41) is 8.80. The van der Waals surface area contributed by atoms with Crippen molar-refractivity contribution >= 4 is 16.7 Å². The normalized spacial score (nSPS) is 11.4. The van der Waals surface area contributed by atoms with Crippen LogP contribution in [-0.4, -0.2) is 24.3 Å². The van der Waals surface area contributed by atoms with E-state index in [1.807, 2.05) is 29.5 Å². The van der Waals surface area contributed by atoms with Gasteiger partial charge >= 0.3 is 0 Å². The van der Waals surface area contributed by atoms with Crippen LogP contribution in [0.5, 0.6) is 0 Å². The van der Waals surface area contributed by atoms with Gasteiger partial charge in [-0.05, 0) is 26.8 Å². The molecule has 3 rings (SSSR count). The molecule has 0 aliphatic heterocycles. The topological polar surface area (TPSA) is 60.6 Å². The van der Waals surface area contributed by atoms with Crippen LogP contribution in [0.2, 0.25) is 0 Å². The van der Waals surface area contributed by atoms with Crippen LogP contribution in [0.3, 0.4) is 0 Å². The van der Waals surface area contributed by atoms with Crippen LogP contribution >= 0.6 is 0 Å². The lowest BCUT2D eigenvalue weighted by molar-refractivity contribution is 0.546. The zero-order chi connectivity index (χ0) is 14.8. The van der Waals surface area contributed by atoms with Crippen molar-refractivity contribution in [3.8, 4) is 0 Å². The fraction of sp³-hybridized carbons (Fsp3) is 0.400. The summed E-state index contributed by atoms with van der Waals surface area (Å²) in [4.78, 5) is 8.87. The maximum absolute atomic E-state index is 4.52. The van der Waals surface area contributed by atoms with Gasteiger partial charge < -0.3 is 9.88 Å². The molecule has 0 fully saturated rings. The van der Waals surface area contributed by atoms with Crippen LogP contribution < -0.4 is 5.32 Å². The second kappa shape index (κ2) is 5.55. The van der Waals surface area contributed by atoms with Crippen molar-refractivity contribution < 1.29 is 0 Å². The largest absolute Gasteiger partial charge is 0.377 e. The Balaban J connectivity index is 1.79. The van der Waals surface area contributed by atoms with Crippen LogP contribution in [0.15, 0.2) is 30.9 Å². The van der Waals surface area contributed by atoms with Gasteiger partial charge in [0.25, 0.3) is 0 Å². The molecule has 0 aromatic carbocycles. The highest BCUT2D eigenvalue weighted by atomic mass is 15.3. The Labute approximate surface area is 123 Å². The average molecular weight is 284 g/mol. The van der Waals surface area contributed by atoms with E-state index in [9.17, 15) is 0 Å². The van der Waals surface area contributed by atoms with Gasteiger partial charge in [-0.25, -0.2) is 14.6 Å². The zero-order valence-corrected chi connectivity index (χ0v) is 12.6. The summed E-state index contributed by atoms with van der Waals surface area (Å²) in [6.07, 6.45) is 7.53. The van der Waals surface area contributed by atoms with Gasteiger partial charge in [-0.1, -0.05) is 0 Å². The summed E-state index contributed by atoms with van der Waals surface area (Å²) >= 11 is 0. The molecule has 0 saturated heterocycles. The van der Waals surface area contributed by atoms with E-state index in [-0.39, 0.29) is 0 Å². The molecule has 21 heavy (non-hydrogen) atoms. The summed E-state index contributed by atoms with van der Waals surface area (Å²) in [5.41, 5.74) is 1.90. The van der Waals surface area contributed by atoms with Crippen molar-refractivity contribution in [3.63, 3.8) is 0 Å². The highest BCUT2D eigenvalue weighted by molar-refractivity contribution is 5.78. The predicted molar refractivity (Wildman–Crippen MR) is 83.1 cm³/mol.